The molecular weight excluding hydrogens is 330 g/mol. The number of benzene rings is 2. The van der Waals surface area contributed by atoms with E-state index in [1.54, 1.807) is 11.0 Å². The van der Waals surface area contributed by atoms with E-state index in [0.717, 1.165) is 36.0 Å². The van der Waals surface area contributed by atoms with Gasteiger partial charge in [0, 0.05) is 13.1 Å². The Morgan fingerprint density at radius 1 is 1.15 bits per heavy atom. The van der Waals surface area contributed by atoms with Gasteiger partial charge >= 0.3 is 6.09 Å². The zero-order chi connectivity index (χ0) is 18.0. The molecule has 1 N–H and O–H groups in total. The van der Waals surface area contributed by atoms with Gasteiger partial charge in [0.1, 0.15) is 12.4 Å². The van der Waals surface area contributed by atoms with Gasteiger partial charge in [0.05, 0.1) is 12.2 Å². The summed E-state index contributed by atoms with van der Waals surface area (Å²) in [6.45, 7) is 2.15. The molecule has 1 saturated heterocycles. The van der Waals surface area contributed by atoms with Gasteiger partial charge in [-0.1, -0.05) is 36.4 Å². The number of piperidine rings is 1. The number of hydrogen-bond acceptors (Lipinski definition) is 4. The lowest BCUT2D eigenvalue weighted by Crippen LogP contribution is -2.48. The SMILES string of the molecule is O=C(OCc1ccccc1)N1CCC2(CC1)OCCc1cc(O)ccc12. The van der Waals surface area contributed by atoms with Crippen LogP contribution in [0, 0.1) is 0 Å². The van der Waals surface area contributed by atoms with Crippen molar-refractivity contribution in [2.45, 2.75) is 31.5 Å². The Hall–Kier alpha value is -2.53. The van der Waals surface area contributed by atoms with Crippen LogP contribution < -0.4 is 0 Å². The van der Waals surface area contributed by atoms with Crippen molar-refractivity contribution in [3.63, 3.8) is 0 Å². The second kappa shape index (κ2) is 7.00. The minimum absolute atomic E-state index is 0.273. The number of aromatic hydroxyl groups is 1. The summed E-state index contributed by atoms with van der Waals surface area (Å²) < 4.78 is 11.6. The highest BCUT2D eigenvalue weighted by molar-refractivity contribution is 5.67. The van der Waals surface area contributed by atoms with Gasteiger partial charge in [-0.3, -0.25) is 0 Å². The molecule has 0 aromatic heterocycles. The number of carbonyl (C=O) groups is 1. The van der Waals surface area contributed by atoms with E-state index in [0.29, 0.717) is 32.1 Å². The number of ether oxygens (including phenoxy) is 2. The molecule has 1 amide bonds. The van der Waals surface area contributed by atoms with Crippen molar-refractivity contribution in [1.82, 2.24) is 4.90 Å². The van der Waals surface area contributed by atoms with E-state index < -0.39 is 0 Å². The topological polar surface area (TPSA) is 59.0 Å². The molecule has 2 aromatic carbocycles. The molecule has 5 nitrogen and oxygen atoms in total. The van der Waals surface area contributed by atoms with Gasteiger partial charge in [0.2, 0.25) is 0 Å². The molecule has 26 heavy (non-hydrogen) atoms. The molecule has 2 aliphatic heterocycles. The van der Waals surface area contributed by atoms with E-state index in [9.17, 15) is 9.90 Å². The second-order valence-electron chi connectivity index (χ2n) is 6.96. The van der Waals surface area contributed by atoms with E-state index in [4.69, 9.17) is 9.47 Å². The molecule has 2 aromatic rings. The number of phenolic OH excluding ortho intramolecular Hbond substituents is 1. The third-order valence-electron chi connectivity index (χ3n) is 5.36. The second-order valence-corrected chi connectivity index (χ2v) is 6.96. The number of hydrogen-bond donors (Lipinski definition) is 1. The average molecular weight is 353 g/mol. The number of amides is 1. The van der Waals surface area contributed by atoms with Gasteiger partial charge in [-0.2, -0.15) is 0 Å². The minimum Gasteiger partial charge on any atom is -0.508 e. The van der Waals surface area contributed by atoms with Crippen LogP contribution in [-0.4, -0.2) is 35.8 Å². The Kier molecular flexibility index (Phi) is 4.55. The number of phenols is 1. The maximum absolute atomic E-state index is 12.4. The molecule has 0 saturated carbocycles. The van der Waals surface area contributed by atoms with Crippen molar-refractivity contribution in [3.8, 4) is 5.75 Å². The number of carbonyl (C=O) groups excluding carboxylic acids is 1. The molecule has 1 spiro atoms. The summed E-state index contributed by atoms with van der Waals surface area (Å²) in [5.74, 6) is 0.294. The van der Waals surface area contributed by atoms with Crippen molar-refractivity contribution in [3.05, 3.63) is 65.2 Å². The number of rotatable bonds is 2. The van der Waals surface area contributed by atoms with Crippen LogP contribution in [0.2, 0.25) is 0 Å². The summed E-state index contributed by atoms with van der Waals surface area (Å²) in [7, 11) is 0. The van der Waals surface area contributed by atoms with Crippen LogP contribution in [0.3, 0.4) is 0 Å². The molecule has 0 atom stereocenters. The van der Waals surface area contributed by atoms with E-state index in [-0.39, 0.29) is 11.7 Å². The molecule has 2 heterocycles. The summed E-state index contributed by atoms with van der Waals surface area (Å²) >= 11 is 0. The average Bonchev–Trinajstić information content (AvgIpc) is 2.67. The van der Waals surface area contributed by atoms with Crippen LogP contribution in [-0.2, 0) is 28.1 Å². The monoisotopic (exact) mass is 353 g/mol. The van der Waals surface area contributed by atoms with E-state index in [1.165, 1.54) is 0 Å². The lowest BCUT2D eigenvalue weighted by Gasteiger charge is -2.44. The summed E-state index contributed by atoms with van der Waals surface area (Å²) in [6.07, 6.45) is 2.02. The Balaban J connectivity index is 1.39. The van der Waals surface area contributed by atoms with Crippen LogP contribution >= 0.6 is 0 Å². The zero-order valence-electron chi connectivity index (χ0n) is 14.7. The first kappa shape index (κ1) is 16.9. The van der Waals surface area contributed by atoms with Crippen LogP contribution in [0.5, 0.6) is 5.75 Å². The fourth-order valence-electron chi connectivity index (χ4n) is 3.94. The molecule has 0 radical (unpaired) electrons. The van der Waals surface area contributed by atoms with Crippen molar-refractivity contribution in [2.24, 2.45) is 0 Å². The fourth-order valence-corrected chi connectivity index (χ4v) is 3.94. The van der Waals surface area contributed by atoms with Crippen molar-refractivity contribution < 1.29 is 19.4 Å². The Morgan fingerprint density at radius 2 is 1.92 bits per heavy atom. The van der Waals surface area contributed by atoms with Crippen LogP contribution in [0.15, 0.2) is 48.5 Å². The number of nitrogens with zero attached hydrogens (tertiary/aromatic N) is 1. The van der Waals surface area contributed by atoms with Crippen molar-refractivity contribution in [1.29, 1.82) is 0 Å². The van der Waals surface area contributed by atoms with E-state index in [2.05, 4.69) is 0 Å². The molecule has 1 fully saturated rings. The standard InChI is InChI=1S/C21H23NO4/c23-18-6-7-19-17(14-18)8-13-26-21(19)9-11-22(12-10-21)20(24)25-15-16-4-2-1-3-5-16/h1-7,14,23H,8-13,15H2. The van der Waals surface area contributed by atoms with Crippen LogP contribution in [0.25, 0.3) is 0 Å². The van der Waals surface area contributed by atoms with E-state index in [1.807, 2.05) is 42.5 Å². The summed E-state index contributed by atoms with van der Waals surface area (Å²) in [4.78, 5) is 14.1. The Labute approximate surface area is 153 Å². The van der Waals surface area contributed by atoms with Crippen molar-refractivity contribution >= 4 is 6.09 Å². The smallest absolute Gasteiger partial charge is 0.410 e. The predicted molar refractivity (Wildman–Crippen MR) is 96.9 cm³/mol. The number of likely N-dealkylation sites (tertiary alicyclic amines) is 1. The molecule has 0 unspecified atom stereocenters. The first-order valence-electron chi connectivity index (χ1n) is 9.08. The zero-order valence-corrected chi connectivity index (χ0v) is 14.7. The maximum atomic E-state index is 12.4. The molecule has 0 aliphatic carbocycles. The van der Waals surface area contributed by atoms with Gasteiger partial charge in [-0.05, 0) is 48.1 Å². The van der Waals surface area contributed by atoms with Gasteiger partial charge in [-0.25, -0.2) is 4.79 Å². The summed E-state index contributed by atoms with van der Waals surface area (Å²) in [5.41, 5.74) is 2.94. The largest absolute Gasteiger partial charge is 0.508 e. The molecular formula is C21H23NO4. The predicted octanol–water partition coefficient (Wildman–Crippen LogP) is 3.59. The van der Waals surface area contributed by atoms with E-state index >= 15 is 0 Å². The quantitative estimate of drug-likeness (QED) is 0.896. The third kappa shape index (κ3) is 3.27. The number of fused-ring (bicyclic) bond motifs is 2. The Bertz CT molecular complexity index is 782. The molecule has 2 aliphatic rings. The van der Waals surface area contributed by atoms with Gasteiger partial charge < -0.3 is 19.5 Å². The Morgan fingerprint density at radius 3 is 2.69 bits per heavy atom. The highest BCUT2D eigenvalue weighted by Gasteiger charge is 2.42. The lowest BCUT2D eigenvalue weighted by atomic mass is 9.79. The highest BCUT2D eigenvalue weighted by Crippen LogP contribution is 2.42. The first-order chi connectivity index (χ1) is 12.7. The van der Waals surface area contributed by atoms with Gasteiger partial charge in [0.25, 0.3) is 0 Å². The van der Waals surface area contributed by atoms with Crippen LogP contribution in [0.1, 0.15) is 29.5 Å². The minimum atomic E-state index is -0.350. The van der Waals surface area contributed by atoms with Gasteiger partial charge in [0.15, 0.2) is 0 Å². The third-order valence-corrected chi connectivity index (χ3v) is 5.36. The van der Waals surface area contributed by atoms with Gasteiger partial charge in [-0.15, -0.1) is 0 Å². The molecule has 0 bridgehead atoms. The molecule has 136 valence electrons. The normalized spacial score (nSPS) is 18.4. The highest BCUT2D eigenvalue weighted by atomic mass is 16.6. The lowest BCUT2D eigenvalue weighted by molar-refractivity contribution is -0.0956. The molecule has 4 rings (SSSR count). The summed E-state index contributed by atoms with van der Waals surface area (Å²) in [6, 6.07) is 15.2. The fraction of sp³-hybridized carbons (Fsp3) is 0.381. The summed E-state index contributed by atoms with van der Waals surface area (Å²) in [5, 5.41) is 9.73. The first-order valence-corrected chi connectivity index (χ1v) is 9.08. The molecule has 5 heteroatoms. The maximum Gasteiger partial charge on any atom is 0.410 e. The van der Waals surface area contributed by atoms with Crippen molar-refractivity contribution in [2.75, 3.05) is 19.7 Å². The van der Waals surface area contributed by atoms with Crippen LogP contribution in [0.4, 0.5) is 4.79 Å².